The topological polar surface area (TPSA) is 21.3 Å². The third-order valence-corrected chi connectivity index (χ3v) is 4.84. The van der Waals surface area contributed by atoms with Crippen LogP contribution in [0.25, 0.3) is 0 Å². The van der Waals surface area contributed by atoms with Gasteiger partial charge >= 0.3 is 0 Å². The van der Waals surface area contributed by atoms with Crippen LogP contribution < -0.4 is 5.32 Å². The summed E-state index contributed by atoms with van der Waals surface area (Å²) in [5.74, 6) is 0.626. The lowest BCUT2D eigenvalue weighted by atomic mass is 9.93. The summed E-state index contributed by atoms with van der Waals surface area (Å²) in [6.07, 6.45) is 3.96. The van der Waals surface area contributed by atoms with E-state index in [9.17, 15) is 0 Å². The first-order valence-electron chi connectivity index (χ1n) is 6.39. The van der Waals surface area contributed by atoms with Gasteiger partial charge in [0, 0.05) is 23.9 Å². The van der Waals surface area contributed by atoms with Crippen molar-refractivity contribution < 1.29 is 4.74 Å². The third kappa shape index (κ3) is 3.78. The van der Waals surface area contributed by atoms with Crippen LogP contribution in [0.4, 0.5) is 0 Å². The zero-order valence-corrected chi connectivity index (χ0v) is 12.6. The van der Waals surface area contributed by atoms with Gasteiger partial charge in [0.15, 0.2) is 0 Å². The molecule has 2 heterocycles. The monoisotopic (exact) mass is 317 g/mol. The number of hydrogen-bond donors (Lipinski definition) is 1. The Labute approximate surface area is 116 Å². The molecule has 0 aromatic carbocycles. The molecule has 4 heteroatoms. The number of hydrogen-bond acceptors (Lipinski definition) is 3. The van der Waals surface area contributed by atoms with E-state index in [1.807, 2.05) is 0 Å². The number of rotatable bonds is 5. The average Bonchev–Trinajstić information content (AvgIpc) is 2.77. The van der Waals surface area contributed by atoms with Gasteiger partial charge in [0.2, 0.25) is 0 Å². The molecule has 2 nitrogen and oxygen atoms in total. The van der Waals surface area contributed by atoms with Crippen LogP contribution in [0.15, 0.2) is 15.9 Å². The molecule has 17 heavy (non-hydrogen) atoms. The van der Waals surface area contributed by atoms with E-state index < -0.39 is 0 Å². The molecule has 1 aliphatic heterocycles. The highest BCUT2D eigenvalue weighted by Crippen LogP contribution is 2.38. The Hall–Kier alpha value is 0.1000. The molecule has 0 bridgehead atoms. The molecule has 2 atom stereocenters. The van der Waals surface area contributed by atoms with Gasteiger partial charge in [0.25, 0.3) is 0 Å². The molecule has 2 rings (SSSR count). The van der Waals surface area contributed by atoms with E-state index in [0.29, 0.717) is 12.0 Å². The summed E-state index contributed by atoms with van der Waals surface area (Å²) >= 11 is 5.33. The van der Waals surface area contributed by atoms with Gasteiger partial charge in [-0.15, -0.1) is 11.3 Å². The summed E-state index contributed by atoms with van der Waals surface area (Å²) < 4.78 is 7.17. The fourth-order valence-corrected chi connectivity index (χ4v) is 3.88. The second-order valence-corrected chi connectivity index (χ2v) is 7.03. The highest BCUT2D eigenvalue weighted by Gasteiger charge is 2.28. The summed E-state index contributed by atoms with van der Waals surface area (Å²) in [5, 5.41) is 3.52. The summed E-state index contributed by atoms with van der Waals surface area (Å²) in [5.41, 5.74) is 0. The van der Waals surface area contributed by atoms with Gasteiger partial charge in [0.05, 0.1) is 9.89 Å². The van der Waals surface area contributed by atoms with Crippen LogP contribution in [0.2, 0.25) is 0 Å². The molecule has 96 valence electrons. The van der Waals surface area contributed by atoms with Crippen molar-refractivity contribution in [2.75, 3.05) is 19.7 Å². The van der Waals surface area contributed by atoms with E-state index in [2.05, 4.69) is 40.3 Å². The van der Waals surface area contributed by atoms with Crippen molar-refractivity contribution in [2.45, 2.75) is 32.3 Å². The van der Waals surface area contributed by atoms with Gasteiger partial charge in [-0.05, 0) is 53.9 Å². The van der Waals surface area contributed by atoms with E-state index in [-0.39, 0.29) is 0 Å². The summed E-state index contributed by atoms with van der Waals surface area (Å²) in [6, 6.07) is 4.31. The minimum Gasteiger partial charge on any atom is -0.372 e. The lowest BCUT2D eigenvalue weighted by Gasteiger charge is -2.31. The van der Waals surface area contributed by atoms with Crippen molar-refractivity contribution in [3.63, 3.8) is 0 Å². The van der Waals surface area contributed by atoms with Gasteiger partial charge in [-0.25, -0.2) is 0 Å². The zero-order valence-electron chi connectivity index (χ0n) is 10.2. The Morgan fingerprint density at radius 3 is 3.12 bits per heavy atom. The number of nitrogens with one attached hydrogen (secondary N) is 1. The lowest BCUT2D eigenvalue weighted by Crippen LogP contribution is -2.31. The minimum absolute atomic E-state index is 0.296. The molecule has 1 aromatic heterocycles. The summed E-state index contributed by atoms with van der Waals surface area (Å²) in [6.45, 7) is 5.30. The molecule has 1 fully saturated rings. The maximum absolute atomic E-state index is 5.97. The quantitative estimate of drug-likeness (QED) is 0.829. The third-order valence-electron chi connectivity index (χ3n) is 3.15. The standard InChI is InChI=1S/C13H20BrNOS/c1-2-7-15-9-10-4-3-8-16-13(10)11-5-6-12(14)17-11/h5-6,10,13,15H,2-4,7-9H2,1H3. The van der Waals surface area contributed by atoms with Crippen LogP contribution in [0, 0.1) is 5.92 Å². The van der Waals surface area contributed by atoms with Gasteiger partial charge in [-0.1, -0.05) is 6.92 Å². The smallest absolute Gasteiger partial charge is 0.0957 e. The molecule has 0 radical (unpaired) electrons. The molecule has 0 aliphatic carbocycles. The maximum Gasteiger partial charge on any atom is 0.0957 e. The number of thiophene rings is 1. The van der Waals surface area contributed by atoms with Crippen molar-refractivity contribution >= 4 is 27.3 Å². The first-order chi connectivity index (χ1) is 8.31. The molecule has 0 saturated carbocycles. The predicted octanol–water partition coefficient (Wildman–Crippen LogP) is 3.98. The largest absolute Gasteiger partial charge is 0.372 e. The highest BCUT2D eigenvalue weighted by atomic mass is 79.9. The van der Waals surface area contributed by atoms with Gasteiger partial charge in [-0.3, -0.25) is 0 Å². The molecule has 2 unspecified atom stereocenters. The van der Waals surface area contributed by atoms with Crippen molar-refractivity contribution in [1.82, 2.24) is 5.32 Å². The molecular weight excluding hydrogens is 298 g/mol. The van der Waals surface area contributed by atoms with Crippen LogP contribution in [-0.4, -0.2) is 19.7 Å². The van der Waals surface area contributed by atoms with Crippen LogP contribution in [0.3, 0.4) is 0 Å². The fraction of sp³-hybridized carbons (Fsp3) is 0.692. The highest BCUT2D eigenvalue weighted by molar-refractivity contribution is 9.11. The van der Waals surface area contributed by atoms with Crippen molar-refractivity contribution in [3.8, 4) is 0 Å². The first kappa shape index (κ1) is 13.5. The van der Waals surface area contributed by atoms with Gasteiger partial charge in [0.1, 0.15) is 0 Å². The SMILES string of the molecule is CCCNCC1CCCOC1c1ccc(Br)s1. The molecule has 1 aliphatic rings. The van der Waals surface area contributed by atoms with Gasteiger partial charge in [-0.2, -0.15) is 0 Å². The summed E-state index contributed by atoms with van der Waals surface area (Å²) in [4.78, 5) is 1.36. The van der Waals surface area contributed by atoms with Crippen molar-refractivity contribution in [2.24, 2.45) is 5.92 Å². The van der Waals surface area contributed by atoms with E-state index in [4.69, 9.17) is 4.74 Å². The van der Waals surface area contributed by atoms with E-state index in [0.717, 1.165) is 19.7 Å². The second-order valence-electron chi connectivity index (χ2n) is 4.54. The molecule has 1 N–H and O–H groups in total. The van der Waals surface area contributed by atoms with E-state index >= 15 is 0 Å². The molecule has 0 spiro atoms. The van der Waals surface area contributed by atoms with E-state index in [1.165, 1.54) is 27.9 Å². The minimum atomic E-state index is 0.296. The van der Waals surface area contributed by atoms with E-state index in [1.54, 1.807) is 11.3 Å². The molecule has 1 aromatic rings. The van der Waals surface area contributed by atoms with Gasteiger partial charge < -0.3 is 10.1 Å². The second kappa shape index (κ2) is 6.88. The molecule has 0 amide bonds. The Bertz CT molecular complexity index is 342. The van der Waals surface area contributed by atoms with Crippen molar-refractivity contribution in [3.05, 3.63) is 20.8 Å². The zero-order chi connectivity index (χ0) is 12.1. The van der Waals surface area contributed by atoms with Crippen LogP contribution in [-0.2, 0) is 4.74 Å². The maximum atomic E-state index is 5.97. The normalized spacial score (nSPS) is 25.1. The fourth-order valence-electron chi connectivity index (χ4n) is 2.31. The van der Waals surface area contributed by atoms with Crippen LogP contribution >= 0.6 is 27.3 Å². The average molecular weight is 318 g/mol. The number of ether oxygens (including phenoxy) is 1. The lowest BCUT2D eigenvalue weighted by molar-refractivity contribution is -0.0255. The summed E-state index contributed by atoms with van der Waals surface area (Å²) in [7, 11) is 0. The Balaban J connectivity index is 1.96. The first-order valence-corrected chi connectivity index (χ1v) is 7.99. The molecular formula is C13H20BrNOS. The number of halogens is 1. The van der Waals surface area contributed by atoms with Crippen LogP contribution in [0.5, 0.6) is 0 Å². The van der Waals surface area contributed by atoms with Crippen LogP contribution in [0.1, 0.15) is 37.2 Å². The molecule has 1 saturated heterocycles. The van der Waals surface area contributed by atoms with Crippen molar-refractivity contribution in [1.29, 1.82) is 0 Å². The Morgan fingerprint density at radius 1 is 1.53 bits per heavy atom. The predicted molar refractivity (Wildman–Crippen MR) is 76.6 cm³/mol. The Morgan fingerprint density at radius 2 is 2.41 bits per heavy atom. The Kier molecular flexibility index (Phi) is 5.48.